The number of likely N-dealkylation sites (tertiary alicyclic amines) is 1. The van der Waals surface area contributed by atoms with Crippen LogP contribution in [-0.2, 0) is 16.0 Å². The zero-order valence-electron chi connectivity index (χ0n) is 15.3. The lowest BCUT2D eigenvalue weighted by Crippen LogP contribution is -2.67. The summed E-state index contributed by atoms with van der Waals surface area (Å²) in [5.41, 5.74) is 1.40. The van der Waals surface area contributed by atoms with Crippen LogP contribution < -0.4 is 5.32 Å². The number of hydrogen-bond donors (Lipinski definition) is 1. The van der Waals surface area contributed by atoms with Crippen LogP contribution in [0.1, 0.15) is 18.4 Å². The van der Waals surface area contributed by atoms with E-state index in [0.29, 0.717) is 19.1 Å². The van der Waals surface area contributed by atoms with Crippen molar-refractivity contribution in [3.05, 3.63) is 35.9 Å². The summed E-state index contributed by atoms with van der Waals surface area (Å²) >= 11 is 0. The molecule has 140 valence electrons. The molecule has 26 heavy (non-hydrogen) atoms. The van der Waals surface area contributed by atoms with Gasteiger partial charge in [0, 0.05) is 32.2 Å². The van der Waals surface area contributed by atoms with Crippen molar-refractivity contribution in [2.45, 2.75) is 31.3 Å². The molecule has 0 aliphatic carbocycles. The number of piperidine rings is 1. The van der Waals surface area contributed by atoms with Crippen LogP contribution in [0.25, 0.3) is 0 Å². The summed E-state index contributed by atoms with van der Waals surface area (Å²) in [7, 11) is 0. The molecule has 1 aromatic rings. The molecule has 3 fully saturated rings. The van der Waals surface area contributed by atoms with Crippen molar-refractivity contribution in [3.63, 3.8) is 0 Å². The molecular weight excluding hydrogens is 328 g/mol. The average Bonchev–Trinajstić information content (AvgIpc) is 2.70. The van der Waals surface area contributed by atoms with Crippen LogP contribution in [0, 0.1) is 0 Å². The molecule has 0 unspecified atom stereocenters. The molecular formula is C20H28N4O2. The summed E-state index contributed by atoms with van der Waals surface area (Å²) in [5.74, 6) is 0.0691. The van der Waals surface area contributed by atoms with Gasteiger partial charge in [-0.05, 0) is 37.9 Å². The topological polar surface area (TPSA) is 55.9 Å². The third-order valence-corrected chi connectivity index (χ3v) is 6.08. The van der Waals surface area contributed by atoms with Gasteiger partial charge in [0.25, 0.3) is 0 Å². The van der Waals surface area contributed by atoms with Crippen LogP contribution >= 0.6 is 0 Å². The lowest BCUT2D eigenvalue weighted by atomic mass is 9.99. The molecule has 3 aliphatic rings. The number of hydrogen-bond acceptors (Lipinski definition) is 4. The van der Waals surface area contributed by atoms with E-state index in [2.05, 4.69) is 45.4 Å². The molecule has 6 heteroatoms. The van der Waals surface area contributed by atoms with Crippen LogP contribution in [0.3, 0.4) is 0 Å². The summed E-state index contributed by atoms with van der Waals surface area (Å²) in [6, 6.07) is 10.9. The van der Waals surface area contributed by atoms with Gasteiger partial charge in [0.1, 0.15) is 6.04 Å². The van der Waals surface area contributed by atoms with Crippen molar-refractivity contribution in [1.82, 2.24) is 20.0 Å². The maximum atomic E-state index is 12.1. The number of benzene rings is 1. The van der Waals surface area contributed by atoms with Gasteiger partial charge in [-0.1, -0.05) is 30.3 Å². The van der Waals surface area contributed by atoms with E-state index in [1.54, 1.807) is 4.90 Å². The predicted molar refractivity (Wildman–Crippen MR) is 99.7 cm³/mol. The molecule has 0 radical (unpaired) electrons. The second-order valence-electron chi connectivity index (χ2n) is 7.62. The van der Waals surface area contributed by atoms with Crippen molar-refractivity contribution < 1.29 is 9.59 Å². The molecule has 3 saturated heterocycles. The lowest BCUT2D eigenvalue weighted by Gasteiger charge is -2.47. The summed E-state index contributed by atoms with van der Waals surface area (Å²) in [6.45, 7) is 5.78. The monoisotopic (exact) mass is 356 g/mol. The van der Waals surface area contributed by atoms with Crippen molar-refractivity contribution in [2.75, 3.05) is 45.8 Å². The smallest absolute Gasteiger partial charge is 0.244 e. The Kier molecular flexibility index (Phi) is 5.22. The number of carbonyl (C=O) groups is 2. The van der Waals surface area contributed by atoms with Crippen molar-refractivity contribution in [3.8, 4) is 0 Å². The fraction of sp³-hybridized carbons (Fsp3) is 0.600. The van der Waals surface area contributed by atoms with Crippen molar-refractivity contribution >= 4 is 11.8 Å². The zero-order chi connectivity index (χ0) is 17.9. The van der Waals surface area contributed by atoms with E-state index in [-0.39, 0.29) is 24.4 Å². The van der Waals surface area contributed by atoms with Crippen LogP contribution in [0.2, 0.25) is 0 Å². The first-order chi connectivity index (χ1) is 12.7. The highest BCUT2D eigenvalue weighted by molar-refractivity contribution is 5.95. The van der Waals surface area contributed by atoms with Gasteiger partial charge in [0.05, 0.1) is 6.54 Å². The van der Waals surface area contributed by atoms with Gasteiger partial charge in [0.15, 0.2) is 0 Å². The molecule has 3 heterocycles. The maximum Gasteiger partial charge on any atom is 0.244 e. The molecule has 3 aliphatic heterocycles. The molecule has 1 N–H and O–H groups in total. The average molecular weight is 356 g/mol. The summed E-state index contributed by atoms with van der Waals surface area (Å²) < 4.78 is 0. The quantitative estimate of drug-likeness (QED) is 0.845. The van der Waals surface area contributed by atoms with Gasteiger partial charge in [-0.15, -0.1) is 0 Å². The first kappa shape index (κ1) is 17.5. The number of carbonyl (C=O) groups excluding carboxylic acids is 2. The summed E-state index contributed by atoms with van der Waals surface area (Å²) in [6.07, 6.45) is 3.41. The van der Waals surface area contributed by atoms with Crippen molar-refractivity contribution in [1.29, 1.82) is 0 Å². The highest BCUT2D eigenvalue weighted by atomic mass is 16.2. The van der Waals surface area contributed by atoms with Gasteiger partial charge in [-0.3, -0.25) is 14.5 Å². The number of nitrogens with one attached hydrogen (secondary N) is 1. The normalized spacial score (nSPS) is 25.8. The Morgan fingerprint density at radius 3 is 2.54 bits per heavy atom. The second-order valence-corrected chi connectivity index (χ2v) is 7.62. The fourth-order valence-corrected chi connectivity index (χ4v) is 4.48. The van der Waals surface area contributed by atoms with E-state index in [0.717, 1.165) is 45.4 Å². The van der Waals surface area contributed by atoms with Gasteiger partial charge < -0.3 is 15.1 Å². The van der Waals surface area contributed by atoms with Crippen LogP contribution in [0.4, 0.5) is 0 Å². The molecule has 1 aromatic carbocycles. The van der Waals surface area contributed by atoms with E-state index < -0.39 is 0 Å². The van der Waals surface area contributed by atoms with E-state index >= 15 is 0 Å². The Bertz CT molecular complexity index is 642. The number of nitrogens with zero attached hydrogens (tertiary/aromatic N) is 3. The highest BCUT2D eigenvalue weighted by Crippen LogP contribution is 2.22. The van der Waals surface area contributed by atoms with Gasteiger partial charge in [-0.25, -0.2) is 0 Å². The van der Waals surface area contributed by atoms with Crippen LogP contribution in [0.15, 0.2) is 30.3 Å². The number of amides is 2. The first-order valence-corrected chi connectivity index (χ1v) is 9.78. The predicted octanol–water partition coefficient (Wildman–Crippen LogP) is 0.336. The van der Waals surface area contributed by atoms with Gasteiger partial charge in [0.2, 0.25) is 11.8 Å². The standard InChI is InChI=1S/C20H28N4O2/c25-19-14-21-20(26)18-15-23(12-13-24(18)19)17-7-10-22(11-8-17)9-6-16-4-2-1-3-5-16/h1-5,17-18H,6-15H2,(H,21,26)/t18-/m1/s1. The molecule has 1 atom stereocenters. The van der Waals surface area contributed by atoms with E-state index in [9.17, 15) is 9.59 Å². The highest BCUT2D eigenvalue weighted by Gasteiger charge is 2.40. The summed E-state index contributed by atoms with van der Waals surface area (Å²) in [4.78, 5) is 30.9. The molecule has 0 spiro atoms. The second kappa shape index (κ2) is 7.76. The van der Waals surface area contributed by atoms with E-state index in [1.807, 2.05) is 0 Å². The Hall–Kier alpha value is -1.92. The molecule has 0 bridgehead atoms. The Balaban J connectivity index is 1.26. The van der Waals surface area contributed by atoms with Crippen LogP contribution in [0.5, 0.6) is 0 Å². The Morgan fingerprint density at radius 2 is 1.77 bits per heavy atom. The molecule has 6 nitrogen and oxygen atoms in total. The third kappa shape index (κ3) is 3.76. The zero-order valence-corrected chi connectivity index (χ0v) is 15.3. The SMILES string of the molecule is O=C1NCC(=O)N2CCN(C3CCN(CCc4ccccc4)CC3)C[C@H]12. The lowest BCUT2D eigenvalue weighted by molar-refractivity contribution is -0.150. The van der Waals surface area contributed by atoms with Gasteiger partial charge >= 0.3 is 0 Å². The minimum atomic E-state index is -0.291. The summed E-state index contributed by atoms with van der Waals surface area (Å²) in [5, 5.41) is 2.73. The van der Waals surface area contributed by atoms with E-state index in [1.165, 1.54) is 5.56 Å². The third-order valence-electron chi connectivity index (χ3n) is 6.08. The fourth-order valence-electron chi connectivity index (χ4n) is 4.48. The van der Waals surface area contributed by atoms with E-state index in [4.69, 9.17) is 0 Å². The Morgan fingerprint density at radius 1 is 1.00 bits per heavy atom. The maximum absolute atomic E-state index is 12.1. The minimum absolute atomic E-state index is 0.00889. The Labute approximate surface area is 155 Å². The molecule has 2 amide bonds. The largest absolute Gasteiger partial charge is 0.345 e. The number of piperazine rings is 2. The van der Waals surface area contributed by atoms with Gasteiger partial charge in [-0.2, -0.15) is 0 Å². The first-order valence-electron chi connectivity index (χ1n) is 9.78. The number of rotatable bonds is 4. The number of fused-ring (bicyclic) bond motifs is 1. The molecule has 0 saturated carbocycles. The molecule has 0 aromatic heterocycles. The van der Waals surface area contributed by atoms with Crippen molar-refractivity contribution in [2.24, 2.45) is 0 Å². The molecule has 4 rings (SSSR count). The minimum Gasteiger partial charge on any atom is -0.345 e. The van der Waals surface area contributed by atoms with Crippen LogP contribution in [-0.4, -0.2) is 84.4 Å².